The molecule has 0 radical (unpaired) electrons. The molecule has 0 N–H and O–H groups in total. The van der Waals surface area contributed by atoms with E-state index >= 15 is 0 Å². The third-order valence-electron chi connectivity index (χ3n) is 10.8. The van der Waals surface area contributed by atoms with Crippen LogP contribution in [0.1, 0.15) is 46.7 Å². The number of benzene rings is 5. The summed E-state index contributed by atoms with van der Waals surface area (Å²) in [5, 5.41) is 11.9. The standard InChI is InChI=1S/C43H40N2O6/c1-6-42(49-5)36-23-27(26-44)7-16-32(36)39-34-24-37(45-19-21-50-22-20-45)38(48-4)25-35(34)41-33(40(39)42)17-18-43(51-41,28-8-12-30(46-2)13-9-28)29-10-14-31(47-3)15-11-29/h7-18,23-25H,6,19-22H2,1-5H3. The zero-order chi connectivity index (χ0) is 35.3. The molecule has 8 nitrogen and oxygen atoms in total. The molecule has 8 heteroatoms. The Morgan fingerprint density at radius 2 is 1.47 bits per heavy atom. The maximum absolute atomic E-state index is 9.98. The molecule has 0 spiro atoms. The minimum absolute atomic E-state index is 0.593. The van der Waals surface area contributed by atoms with Crippen LogP contribution in [0.5, 0.6) is 23.0 Å². The summed E-state index contributed by atoms with van der Waals surface area (Å²) in [5.74, 6) is 3.01. The predicted molar refractivity (Wildman–Crippen MR) is 198 cm³/mol. The second kappa shape index (κ2) is 12.7. The third kappa shape index (κ3) is 4.87. The molecule has 0 amide bonds. The van der Waals surface area contributed by atoms with Crippen molar-refractivity contribution in [2.45, 2.75) is 24.5 Å². The van der Waals surface area contributed by atoms with Crippen LogP contribution in [0.15, 0.2) is 84.9 Å². The van der Waals surface area contributed by atoms with Crippen molar-refractivity contribution in [1.29, 1.82) is 5.26 Å². The smallest absolute Gasteiger partial charge is 0.178 e. The monoisotopic (exact) mass is 680 g/mol. The zero-order valence-corrected chi connectivity index (χ0v) is 29.5. The molecule has 51 heavy (non-hydrogen) atoms. The summed E-state index contributed by atoms with van der Waals surface area (Å²) >= 11 is 0. The SMILES string of the molecule is CCC1(OC)c2cc(C#N)ccc2-c2c1c1c(c3cc(OC)c(N4CCOCC4)cc23)OC(c2ccc(OC)cc2)(c2ccc(OC)cc2)C=C1. The average molecular weight is 681 g/mol. The lowest BCUT2D eigenvalue weighted by atomic mass is 9.79. The van der Waals surface area contributed by atoms with E-state index in [9.17, 15) is 5.26 Å². The van der Waals surface area contributed by atoms with Crippen LogP contribution < -0.4 is 23.8 Å². The van der Waals surface area contributed by atoms with E-state index in [4.69, 9.17) is 28.4 Å². The first kappa shape index (κ1) is 32.7. The number of morpholine rings is 1. The maximum atomic E-state index is 9.98. The minimum Gasteiger partial charge on any atom is -0.497 e. The van der Waals surface area contributed by atoms with Gasteiger partial charge in [-0.25, -0.2) is 0 Å². The summed E-state index contributed by atoms with van der Waals surface area (Å²) in [5.41, 5.74) is 6.75. The van der Waals surface area contributed by atoms with Crippen LogP contribution in [0.4, 0.5) is 5.69 Å². The Kier molecular flexibility index (Phi) is 8.13. The summed E-state index contributed by atoms with van der Waals surface area (Å²) in [6.07, 6.45) is 4.98. The number of nitriles is 1. The predicted octanol–water partition coefficient (Wildman–Crippen LogP) is 8.20. The van der Waals surface area contributed by atoms with Gasteiger partial charge in [-0.05, 0) is 83.1 Å². The molecule has 2 aliphatic heterocycles. The van der Waals surface area contributed by atoms with Gasteiger partial charge in [-0.3, -0.25) is 0 Å². The highest BCUT2D eigenvalue weighted by Crippen LogP contribution is 2.60. The number of fused-ring (bicyclic) bond motifs is 8. The average Bonchev–Trinajstić information content (AvgIpc) is 3.50. The third-order valence-corrected chi connectivity index (χ3v) is 10.8. The molecule has 1 atom stereocenters. The van der Waals surface area contributed by atoms with Crippen molar-refractivity contribution in [1.82, 2.24) is 0 Å². The van der Waals surface area contributed by atoms with Gasteiger partial charge < -0.3 is 33.3 Å². The van der Waals surface area contributed by atoms with Crippen LogP contribution in [-0.4, -0.2) is 54.7 Å². The second-order valence-corrected chi connectivity index (χ2v) is 13.0. The Hall–Kier alpha value is -5.49. The summed E-state index contributed by atoms with van der Waals surface area (Å²) in [6.45, 7) is 4.94. The molecular weight excluding hydrogens is 640 g/mol. The topological polar surface area (TPSA) is 82.4 Å². The van der Waals surface area contributed by atoms with Crippen LogP contribution in [0.2, 0.25) is 0 Å². The highest BCUT2D eigenvalue weighted by Gasteiger charge is 2.48. The summed E-state index contributed by atoms with van der Waals surface area (Å²) in [7, 11) is 6.81. The van der Waals surface area contributed by atoms with Crippen LogP contribution >= 0.6 is 0 Å². The van der Waals surface area contributed by atoms with Crippen molar-refractivity contribution in [2.24, 2.45) is 0 Å². The number of hydrogen-bond acceptors (Lipinski definition) is 8. The van der Waals surface area contributed by atoms with Crippen LogP contribution in [-0.2, 0) is 20.7 Å². The van der Waals surface area contributed by atoms with Gasteiger partial charge in [0.1, 0.15) is 28.6 Å². The molecule has 2 heterocycles. The number of methoxy groups -OCH3 is 4. The van der Waals surface area contributed by atoms with E-state index in [0.29, 0.717) is 25.2 Å². The summed E-state index contributed by atoms with van der Waals surface area (Å²) in [4.78, 5) is 2.32. The molecule has 0 saturated carbocycles. The van der Waals surface area contributed by atoms with Crippen LogP contribution in [0, 0.1) is 11.3 Å². The normalized spacial score (nSPS) is 18.3. The Balaban J connectivity index is 1.47. The van der Waals surface area contributed by atoms with Crippen molar-refractivity contribution in [2.75, 3.05) is 59.6 Å². The number of hydrogen-bond donors (Lipinski definition) is 0. The lowest BCUT2D eigenvalue weighted by Gasteiger charge is -2.39. The first-order valence-corrected chi connectivity index (χ1v) is 17.3. The summed E-state index contributed by atoms with van der Waals surface area (Å²) in [6, 6.07) is 28.7. The molecule has 258 valence electrons. The Morgan fingerprint density at radius 1 is 0.804 bits per heavy atom. The van der Waals surface area contributed by atoms with Crippen molar-refractivity contribution in [3.63, 3.8) is 0 Å². The van der Waals surface area contributed by atoms with Gasteiger partial charge in [-0.1, -0.05) is 43.3 Å². The van der Waals surface area contributed by atoms with Gasteiger partial charge in [0, 0.05) is 47.8 Å². The second-order valence-electron chi connectivity index (χ2n) is 13.0. The lowest BCUT2D eigenvalue weighted by Crippen LogP contribution is -2.36. The molecule has 3 aliphatic rings. The zero-order valence-electron chi connectivity index (χ0n) is 29.5. The van der Waals surface area contributed by atoms with Gasteiger partial charge >= 0.3 is 0 Å². The van der Waals surface area contributed by atoms with Gasteiger partial charge in [-0.2, -0.15) is 5.26 Å². The molecule has 5 aromatic rings. The fourth-order valence-electron chi connectivity index (χ4n) is 8.25. The van der Waals surface area contributed by atoms with Crippen LogP contribution in [0.3, 0.4) is 0 Å². The molecule has 1 aliphatic carbocycles. The van der Waals surface area contributed by atoms with Crippen LogP contribution in [0.25, 0.3) is 28.0 Å². The molecule has 1 saturated heterocycles. The minimum atomic E-state index is -0.996. The van der Waals surface area contributed by atoms with E-state index in [1.807, 2.05) is 36.4 Å². The summed E-state index contributed by atoms with van der Waals surface area (Å²) < 4.78 is 37.0. The van der Waals surface area contributed by atoms with E-state index in [2.05, 4.69) is 72.5 Å². The highest BCUT2D eigenvalue weighted by molar-refractivity contribution is 6.10. The number of anilines is 1. The first-order chi connectivity index (χ1) is 24.9. The molecule has 0 bridgehead atoms. The number of ether oxygens (including phenoxy) is 6. The van der Waals surface area contributed by atoms with Crippen molar-refractivity contribution in [3.05, 3.63) is 118 Å². The van der Waals surface area contributed by atoms with E-state index in [1.165, 1.54) is 0 Å². The molecule has 1 fully saturated rings. The number of nitrogens with zero attached hydrogens (tertiary/aromatic N) is 2. The van der Waals surface area contributed by atoms with E-state index < -0.39 is 11.2 Å². The molecule has 8 rings (SSSR count). The van der Waals surface area contributed by atoms with E-state index in [-0.39, 0.29) is 0 Å². The number of rotatable bonds is 8. The maximum Gasteiger partial charge on any atom is 0.178 e. The quantitative estimate of drug-likeness (QED) is 0.162. The lowest BCUT2D eigenvalue weighted by molar-refractivity contribution is 0.0219. The first-order valence-electron chi connectivity index (χ1n) is 17.3. The Labute approximate surface area is 298 Å². The van der Waals surface area contributed by atoms with E-state index in [0.717, 1.165) is 91.5 Å². The molecule has 5 aromatic carbocycles. The van der Waals surface area contributed by atoms with Crippen molar-refractivity contribution < 1.29 is 28.4 Å². The van der Waals surface area contributed by atoms with Gasteiger partial charge in [0.2, 0.25) is 0 Å². The van der Waals surface area contributed by atoms with Crippen molar-refractivity contribution in [3.8, 4) is 40.2 Å². The fourth-order valence-corrected chi connectivity index (χ4v) is 8.25. The Bertz CT molecular complexity index is 2160. The van der Waals surface area contributed by atoms with Gasteiger partial charge in [0.25, 0.3) is 0 Å². The van der Waals surface area contributed by atoms with Gasteiger partial charge in [0.05, 0.1) is 51.9 Å². The fraction of sp³-hybridized carbons (Fsp3) is 0.279. The van der Waals surface area contributed by atoms with Gasteiger partial charge in [-0.15, -0.1) is 0 Å². The largest absolute Gasteiger partial charge is 0.497 e. The Morgan fingerprint density at radius 3 is 2.04 bits per heavy atom. The molecule has 0 aromatic heterocycles. The highest BCUT2D eigenvalue weighted by atomic mass is 16.5. The molecular formula is C43H40N2O6. The van der Waals surface area contributed by atoms with E-state index in [1.54, 1.807) is 28.4 Å². The van der Waals surface area contributed by atoms with Crippen molar-refractivity contribution >= 4 is 22.5 Å². The van der Waals surface area contributed by atoms with Gasteiger partial charge in [0.15, 0.2) is 5.60 Å². The molecule has 1 unspecified atom stereocenters.